The zero-order valence-corrected chi connectivity index (χ0v) is 44.1. The molecule has 0 saturated carbocycles. The molecule has 0 atom stereocenters. The van der Waals surface area contributed by atoms with Gasteiger partial charge in [0.15, 0.2) is 0 Å². The van der Waals surface area contributed by atoms with Gasteiger partial charge in [-0.25, -0.2) is 0 Å². The molecule has 0 radical (unpaired) electrons. The van der Waals surface area contributed by atoms with Crippen molar-refractivity contribution < 1.29 is 4.11 Å². The maximum Gasteiger partial charge on any atom is 0.252 e. The molecule has 7 aromatic rings. The third-order valence-electron chi connectivity index (χ3n) is 18.1. The van der Waals surface area contributed by atoms with E-state index in [-0.39, 0.29) is 45.6 Å². The second-order valence-electron chi connectivity index (χ2n) is 26.0. The van der Waals surface area contributed by atoms with Gasteiger partial charge >= 0.3 is 0 Å². The highest BCUT2D eigenvalue weighted by Crippen LogP contribution is 2.57. The Hall–Kier alpha value is -5.80. The molecule has 0 bridgehead atoms. The number of nitrogens with zero attached hydrogens (tertiary/aromatic N) is 2. The molecule has 2 aliphatic heterocycles. The number of hydrogen-bond acceptors (Lipinski definition) is 2. The number of fused-ring (bicyclic) bond motifs is 7. The van der Waals surface area contributed by atoms with Gasteiger partial charge in [0, 0.05) is 38.1 Å². The Morgan fingerprint density at radius 2 is 0.871 bits per heavy atom. The normalized spacial score (nSPS) is 20.5. The zero-order chi connectivity index (χ0) is 51.7. The van der Waals surface area contributed by atoms with Crippen LogP contribution in [0, 0.1) is 6.92 Å². The molecule has 0 fully saturated rings. The van der Waals surface area contributed by atoms with Crippen LogP contribution in [0.3, 0.4) is 0 Å². The summed E-state index contributed by atoms with van der Waals surface area (Å²) in [6.45, 7) is 29.2. The quantitative estimate of drug-likeness (QED) is 0.159. The first-order valence-electron chi connectivity index (χ1n) is 27.7. The summed E-state index contributed by atoms with van der Waals surface area (Å²) in [6, 6.07) is 48.5. The van der Waals surface area contributed by atoms with Crippen LogP contribution in [0.4, 0.5) is 34.1 Å². The predicted molar refractivity (Wildman–Crippen MR) is 302 cm³/mol. The Labute approximate surface area is 424 Å². The smallest absolute Gasteiger partial charge is 0.252 e. The van der Waals surface area contributed by atoms with Gasteiger partial charge in [-0.2, -0.15) is 0 Å². The summed E-state index contributed by atoms with van der Waals surface area (Å²) in [7, 11) is 0. The minimum Gasteiger partial charge on any atom is -0.311 e. The maximum atomic E-state index is 8.86. The summed E-state index contributed by atoms with van der Waals surface area (Å²) in [5.41, 5.74) is 25.8. The topological polar surface area (TPSA) is 6.48 Å². The van der Waals surface area contributed by atoms with Crippen LogP contribution in [0.5, 0.6) is 0 Å². The number of aryl methyl sites for hydroxylation is 2. The van der Waals surface area contributed by atoms with Gasteiger partial charge in [-0.1, -0.05) is 175 Å². The van der Waals surface area contributed by atoms with Gasteiger partial charge in [-0.05, 0) is 192 Å². The lowest BCUT2D eigenvalue weighted by molar-refractivity contribution is 0.332. The first-order chi connectivity index (χ1) is 34.2. The first-order valence-corrected chi connectivity index (χ1v) is 26.2. The van der Waals surface area contributed by atoms with Crippen molar-refractivity contribution in [3.05, 3.63) is 172 Å². The molecule has 12 rings (SSSR count). The van der Waals surface area contributed by atoms with Crippen molar-refractivity contribution in [1.82, 2.24) is 0 Å². The van der Waals surface area contributed by atoms with Gasteiger partial charge in [0.25, 0.3) is 6.71 Å². The fourth-order valence-corrected chi connectivity index (χ4v) is 14.9. The molecule has 5 aliphatic rings. The van der Waals surface area contributed by atoms with Crippen molar-refractivity contribution in [3.8, 4) is 22.3 Å². The highest BCUT2D eigenvalue weighted by Gasteiger charge is 2.51. The average Bonchev–Trinajstić information content (AvgIpc) is 3.62. The Morgan fingerprint density at radius 1 is 0.429 bits per heavy atom. The number of rotatable bonds is 5. The molecule has 7 aromatic carbocycles. The SMILES string of the molecule is [2H]C([2H])([2H])Cc1cc2c3c(c1)N(c1ccc(-c4ccccc4)cc1-c1ccccc1)c1cc4c(cc1B3c1cc3c(cc1N2c1cc2c(cc1C)C(C)(C)CCC2(C)C)C(C)(C)CC3(C)C)C(C)(C)CC4(C)C. The minimum atomic E-state index is -2.19. The molecular weight excluding hydrogens is 844 g/mol. The number of anilines is 6. The second-order valence-corrected chi connectivity index (χ2v) is 26.0. The summed E-state index contributed by atoms with van der Waals surface area (Å²) in [5.74, 6) is 0. The predicted octanol–water partition coefficient (Wildman–Crippen LogP) is 16.2. The molecule has 0 N–H and O–H groups in total. The molecule has 70 heavy (non-hydrogen) atoms. The van der Waals surface area contributed by atoms with Crippen LogP contribution in [-0.4, -0.2) is 6.71 Å². The van der Waals surface area contributed by atoms with Crippen molar-refractivity contribution in [2.24, 2.45) is 0 Å². The third kappa shape index (κ3) is 6.58. The molecule has 0 amide bonds. The Morgan fingerprint density at radius 3 is 1.39 bits per heavy atom. The lowest BCUT2D eigenvalue weighted by atomic mass is 9.33. The first kappa shape index (κ1) is 41.9. The van der Waals surface area contributed by atoms with Crippen molar-refractivity contribution >= 4 is 57.2 Å². The van der Waals surface area contributed by atoms with Gasteiger partial charge in [0.2, 0.25) is 0 Å². The molecule has 2 heterocycles. The van der Waals surface area contributed by atoms with E-state index >= 15 is 0 Å². The number of benzene rings is 7. The fourth-order valence-electron chi connectivity index (χ4n) is 14.9. The minimum absolute atomic E-state index is 0.0165. The average molecular weight is 920 g/mol. The molecule has 0 unspecified atom stereocenters. The van der Waals surface area contributed by atoms with E-state index in [1.165, 1.54) is 78.0 Å². The van der Waals surface area contributed by atoms with Gasteiger partial charge in [0.1, 0.15) is 0 Å². The lowest BCUT2D eigenvalue weighted by Gasteiger charge is -2.47. The van der Waals surface area contributed by atoms with Crippen LogP contribution in [0.15, 0.2) is 127 Å². The molecule has 0 aromatic heterocycles. The molecule has 354 valence electrons. The summed E-state index contributed by atoms with van der Waals surface area (Å²) >= 11 is 0. The van der Waals surface area contributed by atoms with Crippen LogP contribution in [-0.2, 0) is 38.9 Å². The van der Waals surface area contributed by atoms with Crippen LogP contribution >= 0.6 is 0 Å². The van der Waals surface area contributed by atoms with Crippen LogP contribution in [0.1, 0.15) is 164 Å². The van der Waals surface area contributed by atoms with Gasteiger partial charge in [0.05, 0.1) is 5.69 Å². The Bertz CT molecular complexity index is 3450. The van der Waals surface area contributed by atoms with E-state index in [1.807, 2.05) is 0 Å². The summed E-state index contributed by atoms with van der Waals surface area (Å²) in [5, 5.41) is 0. The van der Waals surface area contributed by atoms with Crippen molar-refractivity contribution in [2.75, 3.05) is 9.80 Å². The largest absolute Gasteiger partial charge is 0.311 e. The molecule has 3 heteroatoms. The second kappa shape index (κ2) is 14.9. The molecule has 3 aliphatic carbocycles. The van der Waals surface area contributed by atoms with E-state index in [0.717, 1.165) is 65.0 Å². The molecular formula is C67H73BN2. The van der Waals surface area contributed by atoms with E-state index in [4.69, 9.17) is 4.11 Å². The summed E-state index contributed by atoms with van der Waals surface area (Å²) < 4.78 is 26.6. The van der Waals surface area contributed by atoms with Crippen LogP contribution < -0.4 is 26.2 Å². The van der Waals surface area contributed by atoms with Crippen LogP contribution in [0.2, 0.25) is 0 Å². The highest BCUT2D eigenvalue weighted by molar-refractivity contribution is 7.00. The van der Waals surface area contributed by atoms with E-state index in [0.29, 0.717) is 0 Å². The lowest BCUT2D eigenvalue weighted by Crippen LogP contribution is -2.62. The number of hydrogen-bond donors (Lipinski definition) is 0. The van der Waals surface area contributed by atoms with Gasteiger partial charge < -0.3 is 9.80 Å². The van der Waals surface area contributed by atoms with Crippen molar-refractivity contribution in [2.45, 2.75) is 161 Å². The summed E-state index contributed by atoms with van der Waals surface area (Å²) in [4.78, 5) is 5.16. The van der Waals surface area contributed by atoms with E-state index in [1.54, 1.807) is 0 Å². The van der Waals surface area contributed by atoms with Crippen molar-refractivity contribution in [3.63, 3.8) is 0 Å². The van der Waals surface area contributed by atoms with E-state index in [9.17, 15) is 0 Å². The van der Waals surface area contributed by atoms with Gasteiger partial charge in [-0.3, -0.25) is 0 Å². The molecule has 0 saturated heterocycles. The molecule has 0 spiro atoms. The monoisotopic (exact) mass is 920 g/mol. The highest BCUT2D eigenvalue weighted by atomic mass is 15.2. The summed E-state index contributed by atoms with van der Waals surface area (Å²) in [6.07, 6.45) is 4.33. The van der Waals surface area contributed by atoms with Gasteiger partial charge in [-0.15, -0.1) is 0 Å². The van der Waals surface area contributed by atoms with Crippen LogP contribution in [0.25, 0.3) is 22.3 Å². The molecule has 2 nitrogen and oxygen atoms in total. The van der Waals surface area contributed by atoms with E-state index < -0.39 is 6.85 Å². The zero-order valence-electron chi connectivity index (χ0n) is 47.1. The Balaban J connectivity index is 1.25. The Kier molecular flexibility index (Phi) is 8.91. The maximum absolute atomic E-state index is 8.86. The standard InChI is InChI=1S/C67H73BN2/c1-15-42-31-59-61-60(32-42)70(56-36-50-47(30-41(56)2)62(3,4)28-29-63(50,5)6)58-38-52-49(65(9,10)40-67(52,13)14)35-54(58)68(61)53-34-48-51(66(11,12)39-64(48,7)8)37-57(53)69(59)55-27-26-45(43-22-18-16-19-23-43)33-46(55)44-24-20-17-21-25-44/h16-27,30-38H,15,28-29,39-40H2,1-14H3/i1D3. The third-order valence-corrected chi connectivity index (χ3v) is 18.1. The van der Waals surface area contributed by atoms with Crippen molar-refractivity contribution in [1.29, 1.82) is 0 Å². The fraction of sp³-hybridized carbons (Fsp3) is 0.373. The van der Waals surface area contributed by atoms with E-state index in [2.05, 4.69) is 227 Å².